The summed E-state index contributed by atoms with van der Waals surface area (Å²) >= 11 is 18.0. The van der Waals surface area contributed by atoms with Crippen LogP contribution in [0.4, 0.5) is 0 Å². The first-order valence-electron chi connectivity index (χ1n) is 8.61. The van der Waals surface area contributed by atoms with Crippen molar-refractivity contribution in [3.05, 3.63) is 51.0 Å². The molecule has 0 N–H and O–H groups in total. The quantitative estimate of drug-likeness (QED) is 0.676. The maximum absolute atomic E-state index is 12.8. The first-order valence-corrected chi connectivity index (χ1v) is 11.2. The molecule has 0 atom stereocenters. The Kier molecular flexibility index (Phi) is 5.56. The van der Waals surface area contributed by atoms with E-state index >= 15 is 0 Å². The first kappa shape index (κ1) is 20.6. The maximum atomic E-state index is 12.8. The molecule has 1 saturated heterocycles. The van der Waals surface area contributed by atoms with Gasteiger partial charge in [-0.3, -0.25) is 4.79 Å². The van der Waals surface area contributed by atoms with Crippen LogP contribution in [0.5, 0.6) is 11.5 Å². The van der Waals surface area contributed by atoms with Crippen molar-refractivity contribution in [3.63, 3.8) is 0 Å². The monoisotopic (exact) mass is 476 g/mol. The number of amides is 1. The number of carbonyl (C=O) groups excluding carboxylic acids is 1. The van der Waals surface area contributed by atoms with Gasteiger partial charge in [-0.2, -0.15) is 4.31 Å². The van der Waals surface area contributed by atoms with Crippen molar-refractivity contribution in [2.75, 3.05) is 33.0 Å². The van der Waals surface area contributed by atoms with E-state index in [-0.39, 0.29) is 53.8 Å². The zero-order chi connectivity index (χ0) is 20.8. The lowest BCUT2D eigenvalue weighted by Gasteiger charge is -2.34. The third-order valence-electron chi connectivity index (χ3n) is 4.73. The van der Waals surface area contributed by atoms with Gasteiger partial charge in [-0.05, 0) is 30.3 Å². The van der Waals surface area contributed by atoms with Crippen molar-refractivity contribution < 1.29 is 22.7 Å². The smallest absolute Gasteiger partial charge is 0.254 e. The molecule has 0 spiro atoms. The summed E-state index contributed by atoms with van der Waals surface area (Å²) in [6.07, 6.45) is 0. The van der Waals surface area contributed by atoms with E-state index < -0.39 is 10.0 Å². The normalized spacial score (nSPS) is 16.9. The molecule has 11 heteroatoms. The highest BCUT2D eigenvalue weighted by Gasteiger charge is 2.31. The standard InChI is InChI=1S/C18H15Cl3N2O5S/c19-13-2-1-12(9-14(13)20)29(25,26)23-5-3-22(4-6-23)18(24)11-7-15(21)17-16(8-11)27-10-28-17/h1-2,7-9H,3-6,10H2. The van der Waals surface area contributed by atoms with Crippen molar-refractivity contribution in [1.82, 2.24) is 9.21 Å². The highest BCUT2D eigenvalue weighted by molar-refractivity contribution is 7.89. The zero-order valence-electron chi connectivity index (χ0n) is 14.9. The minimum absolute atomic E-state index is 0.0535. The average molecular weight is 478 g/mol. The van der Waals surface area contributed by atoms with Crippen LogP contribution in [0.2, 0.25) is 15.1 Å². The van der Waals surface area contributed by atoms with Gasteiger partial charge in [0, 0.05) is 31.7 Å². The molecule has 2 aliphatic rings. The number of piperazine rings is 1. The second-order valence-corrected chi connectivity index (χ2v) is 9.62. The summed E-state index contributed by atoms with van der Waals surface area (Å²) in [5.41, 5.74) is 0.361. The second-order valence-electron chi connectivity index (χ2n) is 6.46. The van der Waals surface area contributed by atoms with E-state index in [4.69, 9.17) is 44.3 Å². The highest BCUT2D eigenvalue weighted by Crippen LogP contribution is 2.40. The van der Waals surface area contributed by atoms with Gasteiger partial charge in [0.05, 0.1) is 20.0 Å². The molecular formula is C18H15Cl3N2O5S. The van der Waals surface area contributed by atoms with Crippen LogP contribution in [0.3, 0.4) is 0 Å². The number of hydrogen-bond acceptors (Lipinski definition) is 5. The number of carbonyl (C=O) groups is 1. The molecular weight excluding hydrogens is 463 g/mol. The Morgan fingerprint density at radius 1 is 0.897 bits per heavy atom. The lowest BCUT2D eigenvalue weighted by Crippen LogP contribution is -2.50. The SMILES string of the molecule is O=C(c1cc(Cl)c2c(c1)OCO2)N1CCN(S(=O)(=O)c2ccc(Cl)c(Cl)c2)CC1. The highest BCUT2D eigenvalue weighted by atomic mass is 35.5. The number of sulfonamides is 1. The summed E-state index contributed by atoms with van der Waals surface area (Å²) in [4.78, 5) is 14.5. The molecule has 1 amide bonds. The van der Waals surface area contributed by atoms with Gasteiger partial charge < -0.3 is 14.4 Å². The molecule has 2 aliphatic heterocycles. The minimum Gasteiger partial charge on any atom is -0.454 e. The number of rotatable bonds is 3. The first-order chi connectivity index (χ1) is 13.8. The number of halogens is 3. The Morgan fingerprint density at radius 2 is 1.62 bits per heavy atom. The van der Waals surface area contributed by atoms with E-state index in [1.54, 1.807) is 11.0 Å². The third-order valence-corrected chi connectivity index (χ3v) is 7.64. The van der Waals surface area contributed by atoms with Gasteiger partial charge >= 0.3 is 0 Å². The molecule has 0 saturated carbocycles. The summed E-state index contributed by atoms with van der Waals surface area (Å²) < 4.78 is 37.6. The largest absolute Gasteiger partial charge is 0.454 e. The molecule has 29 heavy (non-hydrogen) atoms. The predicted octanol–water partition coefficient (Wildman–Crippen LogP) is 3.52. The number of ether oxygens (including phenoxy) is 2. The van der Waals surface area contributed by atoms with Gasteiger partial charge in [0.1, 0.15) is 0 Å². The molecule has 154 valence electrons. The summed E-state index contributed by atoms with van der Waals surface area (Å²) in [7, 11) is -3.74. The Hall–Kier alpha value is -1.71. The molecule has 7 nitrogen and oxygen atoms in total. The van der Waals surface area contributed by atoms with Crippen LogP contribution in [0, 0.1) is 0 Å². The molecule has 0 aliphatic carbocycles. The topological polar surface area (TPSA) is 76.2 Å². The van der Waals surface area contributed by atoms with E-state index in [9.17, 15) is 13.2 Å². The van der Waals surface area contributed by atoms with Crippen molar-refractivity contribution >= 4 is 50.7 Å². The van der Waals surface area contributed by atoms with Crippen molar-refractivity contribution in [1.29, 1.82) is 0 Å². The van der Waals surface area contributed by atoms with E-state index in [0.29, 0.717) is 22.1 Å². The molecule has 0 radical (unpaired) electrons. The fraction of sp³-hybridized carbons (Fsp3) is 0.278. The van der Waals surface area contributed by atoms with E-state index in [0.717, 1.165) is 0 Å². The molecule has 4 rings (SSSR count). The van der Waals surface area contributed by atoms with Crippen molar-refractivity contribution in [3.8, 4) is 11.5 Å². The van der Waals surface area contributed by atoms with Gasteiger partial charge in [0.25, 0.3) is 5.91 Å². The Balaban J connectivity index is 1.47. The Morgan fingerprint density at radius 3 is 2.31 bits per heavy atom. The van der Waals surface area contributed by atoms with E-state index in [2.05, 4.69) is 0 Å². The van der Waals surface area contributed by atoms with Gasteiger partial charge in [-0.15, -0.1) is 0 Å². The lowest BCUT2D eigenvalue weighted by atomic mass is 10.1. The average Bonchev–Trinajstić information content (AvgIpc) is 3.19. The van der Waals surface area contributed by atoms with Crippen LogP contribution in [0.25, 0.3) is 0 Å². The van der Waals surface area contributed by atoms with Crippen LogP contribution in [0.15, 0.2) is 35.2 Å². The van der Waals surface area contributed by atoms with Gasteiger partial charge in [0.2, 0.25) is 16.8 Å². The maximum Gasteiger partial charge on any atom is 0.254 e. The minimum atomic E-state index is -3.74. The van der Waals surface area contributed by atoms with Crippen LogP contribution in [-0.2, 0) is 10.0 Å². The summed E-state index contributed by atoms with van der Waals surface area (Å²) in [6, 6.07) is 7.28. The number of fused-ring (bicyclic) bond motifs is 1. The van der Waals surface area contributed by atoms with E-state index in [1.807, 2.05) is 0 Å². The fourth-order valence-electron chi connectivity index (χ4n) is 3.19. The lowest BCUT2D eigenvalue weighted by molar-refractivity contribution is 0.0697. The number of nitrogens with zero attached hydrogens (tertiary/aromatic N) is 2. The number of benzene rings is 2. The van der Waals surface area contributed by atoms with Crippen LogP contribution >= 0.6 is 34.8 Å². The molecule has 2 aromatic carbocycles. The van der Waals surface area contributed by atoms with Crippen LogP contribution in [-0.4, -0.2) is 56.5 Å². The van der Waals surface area contributed by atoms with Gasteiger partial charge in [-0.25, -0.2) is 8.42 Å². The second kappa shape index (κ2) is 7.85. The van der Waals surface area contributed by atoms with Crippen molar-refractivity contribution in [2.24, 2.45) is 0 Å². The summed E-state index contributed by atoms with van der Waals surface area (Å²) in [5, 5.41) is 0.744. The Labute approximate surface area is 182 Å². The van der Waals surface area contributed by atoms with Crippen LogP contribution in [0.1, 0.15) is 10.4 Å². The molecule has 2 aromatic rings. The third kappa shape index (κ3) is 3.87. The predicted molar refractivity (Wildman–Crippen MR) is 109 cm³/mol. The van der Waals surface area contributed by atoms with E-state index in [1.165, 1.54) is 28.6 Å². The van der Waals surface area contributed by atoms with Gasteiger partial charge in [0.15, 0.2) is 11.5 Å². The zero-order valence-corrected chi connectivity index (χ0v) is 18.0. The fourth-order valence-corrected chi connectivity index (χ4v) is 5.27. The molecule has 0 unspecified atom stereocenters. The molecule has 1 fully saturated rings. The van der Waals surface area contributed by atoms with Crippen LogP contribution < -0.4 is 9.47 Å². The number of hydrogen-bond donors (Lipinski definition) is 0. The Bertz CT molecular complexity index is 1090. The summed E-state index contributed by atoms with van der Waals surface area (Å²) in [6.45, 7) is 0.855. The van der Waals surface area contributed by atoms with Gasteiger partial charge in [-0.1, -0.05) is 34.8 Å². The summed E-state index contributed by atoms with van der Waals surface area (Å²) in [5.74, 6) is 0.583. The molecule has 0 bridgehead atoms. The molecule has 0 aromatic heterocycles. The van der Waals surface area contributed by atoms with Crippen molar-refractivity contribution in [2.45, 2.75) is 4.90 Å². The molecule has 2 heterocycles.